The number of ether oxygens (including phenoxy) is 1. The van der Waals surface area contributed by atoms with E-state index in [9.17, 15) is 4.79 Å². The molecule has 0 radical (unpaired) electrons. The van der Waals surface area contributed by atoms with Crippen LogP contribution in [0.25, 0.3) is 0 Å². The summed E-state index contributed by atoms with van der Waals surface area (Å²) in [5.74, 6) is 0.486. The molecule has 1 saturated carbocycles. The summed E-state index contributed by atoms with van der Waals surface area (Å²) in [6.45, 7) is 2.30. The Morgan fingerprint density at radius 3 is 2.50 bits per heavy atom. The normalized spacial score (nSPS) is 22.4. The molecule has 5 heteroatoms. The number of halogens is 2. The summed E-state index contributed by atoms with van der Waals surface area (Å²) < 4.78 is 6.61. The smallest absolute Gasteiger partial charge is 0.340 e. The van der Waals surface area contributed by atoms with E-state index >= 15 is 0 Å². The van der Waals surface area contributed by atoms with Gasteiger partial charge >= 0.3 is 5.97 Å². The molecule has 0 saturated heterocycles. The second-order valence-electron chi connectivity index (χ2n) is 5.40. The molecule has 3 nitrogen and oxygen atoms in total. The lowest BCUT2D eigenvalue weighted by molar-refractivity contribution is 0.0601. The molecule has 1 aromatic carbocycles. The molecular weight excluding hydrogens is 386 g/mol. The monoisotopic (exact) mass is 403 g/mol. The maximum Gasteiger partial charge on any atom is 0.340 e. The van der Waals surface area contributed by atoms with Crippen LogP contribution >= 0.6 is 31.9 Å². The molecule has 0 heterocycles. The molecule has 110 valence electrons. The fourth-order valence-electron chi connectivity index (χ4n) is 2.60. The van der Waals surface area contributed by atoms with E-state index in [2.05, 4.69) is 44.1 Å². The zero-order valence-corrected chi connectivity index (χ0v) is 14.9. The third-order valence-electron chi connectivity index (χ3n) is 3.82. The molecule has 0 amide bonds. The van der Waals surface area contributed by atoms with E-state index in [1.165, 1.54) is 20.0 Å². The van der Waals surface area contributed by atoms with Gasteiger partial charge in [0.25, 0.3) is 0 Å². The summed E-state index contributed by atoms with van der Waals surface area (Å²) in [7, 11) is 1.41. The Hall–Kier alpha value is -0.550. The molecule has 0 unspecified atom stereocenters. The van der Waals surface area contributed by atoms with Gasteiger partial charge in [-0.15, -0.1) is 0 Å². The first-order chi connectivity index (χ1) is 9.51. The van der Waals surface area contributed by atoms with E-state index in [-0.39, 0.29) is 5.97 Å². The molecular formula is C15H19Br2NO2. The van der Waals surface area contributed by atoms with Crippen LogP contribution in [0.3, 0.4) is 0 Å². The Kier molecular flexibility index (Phi) is 5.49. The molecule has 1 aliphatic carbocycles. The summed E-state index contributed by atoms with van der Waals surface area (Å²) in [5.41, 5.74) is 1.40. The fraction of sp³-hybridized carbons (Fsp3) is 0.533. The molecule has 0 aromatic heterocycles. The zero-order chi connectivity index (χ0) is 14.7. The zero-order valence-electron chi connectivity index (χ0n) is 11.7. The summed E-state index contributed by atoms with van der Waals surface area (Å²) in [5, 5.41) is 3.51. The van der Waals surface area contributed by atoms with Gasteiger partial charge < -0.3 is 10.1 Å². The Balaban J connectivity index is 2.23. The summed E-state index contributed by atoms with van der Waals surface area (Å²) >= 11 is 6.95. The van der Waals surface area contributed by atoms with Crippen molar-refractivity contribution in [2.24, 2.45) is 5.92 Å². The van der Waals surface area contributed by atoms with Gasteiger partial charge in [0.2, 0.25) is 0 Å². The number of nitrogens with one attached hydrogen (secondary N) is 1. The van der Waals surface area contributed by atoms with Gasteiger partial charge in [-0.1, -0.05) is 22.9 Å². The number of carbonyl (C=O) groups excluding carboxylic acids is 1. The topological polar surface area (TPSA) is 38.3 Å². The van der Waals surface area contributed by atoms with Crippen molar-refractivity contribution in [3.05, 3.63) is 26.6 Å². The molecule has 1 aromatic rings. The van der Waals surface area contributed by atoms with E-state index < -0.39 is 0 Å². The second kappa shape index (κ2) is 6.94. The van der Waals surface area contributed by atoms with Gasteiger partial charge in [-0.25, -0.2) is 4.79 Å². The van der Waals surface area contributed by atoms with Crippen LogP contribution in [0.15, 0.2) is 21.1 Å². The van der Waals surface area contributed by atoms with E-state index in [0.29, 0.717) is 11.6 Å². The van der Waals surface area contributed by atoms with Gasteiger partial charge in [0.15, 0.2) is 0 Å². The highest BCUT2D eigenvalue weighted by Gasteiger charge is 2.22. The van der Waals surface area contributed by atoms with Crippen molar-refractivity contribution in [2.45, 2.75) is 38.6 Å². The Morgan fingerprint density at radius 1 is 1.25 bits per heavy atom. The third-order valence-corrected chi connectivity index (χ3v) is 4.91. The van der Waals surface area contributed by atoms with Crippen LogP contribution in [0.5, 0.6) is 0 Å². The van der Waals surface area contributed by atoms with E-state index in [1.807, 2.05) is 6.07 Å². The van der Waals surface area contributed by atoms with Crippen LogP contribution in [-0.4, -0.2) is 19.1 Å². The van der Waals surface area contributed by atoms with E-state index in [1.54, 1.807) is 6.07 Å². The Bertz CT molecular complexity index is 497. The molecule has 0 aliphatic heterocycles. The predicted octanol–water partition coefficient (Wildman–Crippen LogP) is 4.99. The number of rotatable bonds is 3. The molecule has 0 atom stereocenters. The number of benzene rings is 1. The van der Waals surface area contributed by atoms with Crippen LogP contribution in [0.1, 0.15) is 43.0 Å². The van der Waals surface area contributed by atoms with Crippen molar-refractivity contribution < 1.29 is 9.53 Å². The van der Waals surface area contributed by atoms with E-state index in [0.717, 1.165) is 33.4 Å². The third kappa shape index (κ3) is 3.76. The van der Waals surface area contributed by atoms with Crippen LogP contribution in [0.2, 0.25) is 0 Å². The van der Waals surface area contributed by atoms with Crippen molar-refractivity contribution >= 4 is 43.5 Å². The highest BCUT2D eigenvalue weighted by Crippen LogP contribution is 2.34. The van der Waals surface area contributed by atoms with E-state index in [4.69, 9.17) is 4.74 Å². The molecule has 1 N–H and O–H groups in total. The number of methoxy groups -OCH3 is 1. The second-order valence-corrected chi connectivity index (χ2v) is 7.17. The van der Waals surface area contributed by atoms with Gasteiger partial charge in [0, 0.05) is 15.0 Å². The molecule has 1 aliphatic rings. The predicted molar refractivity (Wildman–Crippen MR) is 88.2 cm³/mol. The minimum Gasteiger partial charge on any atom is -0.465 e. The van der Waals surface area contributed by atoms with Gasteiger partial charge in [0.05, 0.1) is 18.4 Å². The average molecular weight is 405 g/mol. The van der Waals surface area contributed by atoms with Crippen molar-refractivity contribution in [2.75, 3.05) is 12.4 Å². The van der Waals surface area contributed by atoms with Gasteiger partial charge in [-0.05, 0) is 59.7 Å². The first-order valence-corrected chi connectivity index (χ1v) is 8.43. The summed E-state index contributed by atoms with van der Waals surface area (Å²) in [6.07, 6.45) is 4.76. The van der Waals surface area contributed by atoms with Crippen LogP contribution in [0, 0.1) is 5.92 Å². The SMILES string of the molecule is COC(=O)c1cc(Br)cc(Br)c1NC1CCC(C)CC1. The summed E-state index contributed by atoms with van der Waals surface area (Å²) in [4.78, 5) is 11.9. The fourth-order valence-corrected chi connectivity index (χ4v) is 3.94. The Morgan fingerprint density at radius 2 is 1.90 bits per heavy atom. The maximum atomic E-state index is 11.9. The molecule has 2 rings (SSSR count). The lowest BCUT2D eigenvalue weighted by atomic mass is 9.87. The Labute approximate surface area is 136 Å². The first-order valence-electron chi connectivity index (χ1n) is 6.85. The number of anilines is 1. The van der Waals surface area contributed by atoms with Gasteiger partial charge in [-0.3, -0.25) is 0 Å². The maximum absolute atomic E-state index is 11.9. The summed E-state index contributed by atoms with van der Waals surface area (Å²) in [6, 6.07) is 4.16. The van der Waals surface area contributed by atoms with Crippen LogP contribution < -0.4 is 5.32 Å². The van der Waals surface area contributed by atoms with Crippen molar-refractivity contribution in [3.63, 3.8) is 0 Å². The molecule has 20 heavy (non-hydrogen) atoms. The highest BCUT2D eigenvalue weighted by atomic mass is 79.9. The standard InChI is InChI=1S/C15H19Br2NO2/c1-9-3-5-11(6-4-9)18-14-12(15(19)20-2)7-10(16)8-13(14)17/h7-9,11,18H,3-6H2,1-2H3. The van der Waals surface area contributed by atoms with Crippen molar-refractivity contribution in [3.8, 4) is 0 Å². The number of esters is 1. The lowest BCUT2D eigenvalue weighted by Gasteiger charge is -2.28. The van der Waals surface area contributed by atoms with Gasteiger partial charge in [-0.2, -0.15) is 0 Å². The number of hydrogen-bond donors (Lipinski definition) is 1. The largest absolute Gasteiger partial charge is 0.465 e. The number of carbonyl (C=O) groups is 1. The number of hydrogen-bond acceptors (Lipinski definition) is 3. The first kappa shape index (κ1) is 15.8. The molecule has 1 fully saturated rings. The van der Waals surface area contributed by atoms with Crippen molar-refractivity contribution in [1.82, 2.24) is 0 Å². The van der Waals surface area contributed by atoms with Crippen LogP contribution in [-0.2, 0) is 4.74 Å². The molecule has 0 bridgehead atoms. The van der Waals surface area contributed by atoms with Gasteiger partial charge in [0.1, 0.15) is 0 Å². The highest BCUT2D eigenvalue weighted by molar-refractivity contribution is 9.11. The quantitative estimate of drug-likeness (QED) is 0.721. The average Bonchev–Trinajstić information content (AvgIpc) is 2.42. The molecule has 0 spiro atoms. The minimum absolute atomic E-state index is 0.321. The van der Waals surface area contributed by atoms with Crippen LogP contribution in [0.4, 0.5) is 5.69 Å². The minimum atomic E-state index is -0.321. The lowest BCUT2D eigenvalue weighted by Crippen LogP contribution is -2.26. The van der Waals surface area contributed by atoms with Crippen molar-refractivity contribution in [1.29, 1.82) is 0 Å².